The number of aromatic nitrogens is 2. The molecule has 0 saturated heterocycles. The van der Waals surface area contributed by atoms with Crippen LogP contribution < -0.4 is 17.0 Å². The molecule has 1 aliphatic rings. The fourth-order valence-electron chi connectivity index (χ4n) is 2.55. The van der Waals surface area contributed by atoms with Crippen molar-refractivity contribution >= 4 is 5.97 Å². The van der Waals surface area contributed by atoms with Gasteiger partial charge in [-0.2, -0.15) is 0 Å². The number of nitrogens with one attached hydrogen (secondary N) is 1. The SMILES string of the molecule is N[C@H](C(=O)O)[C@H]1C[C@@H](n2ccc(=O)[nH]c2=O)[C@H](O)[C@@H]1O. The van der Waals surface area contributed by atoms with Gasteiger partial charge in [0.15, 0.2) is 0 Å². The van der Waals surface area contributed by atoms with Crippen molar-refractivity contribution in [3.8, 4) is 0 Å². The van der Waals surface area contributed by atoms with Crippen LogP contribution >= 0.6 is 0 Å². The Morgan fingerprint density at radius 1 is 1.40 bits per heavy atom. The molecule has 2 rings (SSSR count). The quantitative estimate of drug-likeness (QED) is 0.402. The number of carbonyl (C=O) groups is 1. The number of nitrogens with two attached hydrogens (primary N) is 1. The molecule has 0 spiro atoms. The smallest absolute Gasteiger partial charge is 0.328 e. The number of aliphatic carboxylic acids is 1. The normalized spacial score (nSPS) is 31.1. The Hall–Kier alpha value is -1.97. The Morgan fingerprint density at radius 2 is 2.05 bits per heavy atom. The van der Waals surface area contributed by atoms with Gasteiger partial charge in [-0.15, -0.1) is 0 Å². The summed E-state index contributed by atoms with van der Waals surface area (Å²) >= 11 is 0. The van der Waals surface area contributed by atoms with E-state index < -0.39 is 47.4 Å². The molecule has 5 atom stereocenters. The summed E-state index contributed by atoms with van der Waals surface area (Å²) in [6.07, 6.45) is -1.49. The largest absolute Gasteiger partial charge is 0.480 e. The molecule has 110 valence electrons. The number of aliphatic hydroxyl groups excluding tert-OH is 2. The molecule has 0 amide bonds. The molecule has 0 aromatic carbocycles. The Labute approximate surface area is 112 Å². The molecule has 1 aliphatic carbocycles. The van der Waals surface area contributed by atoms with E-state index in [1.165, 1.54) is 6.20 Å². The van der Waals surface area contributed by atoms with Crippen LogP contribution in [0.5, 0.6) is 0 Å². The number of nitrogens with zero attached hydrogens (tertiary/aromatic N) is 1. The monoisotopic (exact) mass is 285 g/mol. The fourth-order valence-corrected chi connectivity index (χ4v) is 2.55. The van der Waals surface area contributed by atoms with E-state index >= 15 is 0 Å². The minimum absolute atomic E-state index is 0.0156. The minimum Gasteiger partial charge on any atom is -0.480 e. The van der Waals surface area contributed by atoms with E-state index in [9.17, 15) is 24.6 Å². The second-order valence-electron chi connectivity index (χ2n) is 4.83. The zero-order chi connectivity index (χ0) is 15.0. The third-order valence-corrected chi connectivity index (χ3v) is 3.65. The summed E-state index contributed by atoms with van der Waals surface area (Å²) < 4.78 is 1.06. The van der Waals surface area contributed by atoms with Gasteiger partial charge in [0.1, 0.15) is 12.1 Å². The van der Waals surface area contributed by atoms with E-state index in [-0.39, 0.29) is 6.42 Å². The number of H-pyrrole nitrogens is 1. The first-order chi connectivity index (χ1) is 9.32. The van der Waals surface area contributed by atoms with Gasteiger partial charge in [0.25, 0.3) is 5.56 Å². The van der Waals surface area contributed by atoms with Crippen LogP contribution in [0.15, 0.2) is 21.9 Å². The third kappa shape index (κ3) is 2.38. The number of aliphatic hydroxyl groups is 2. The standard InChI is InChI=1S/C11H15N3O6/c12-7(10(18)19)4-3-5(9(17)8(4)16)14-2-1-6(15)13-11(14)20/h1-2,4-5,7-9,16-17H,3,12H2,(H,18,19)(H,13,15,20)/t4-,5-,7+,8-,9+/m1/s1. The summed E-state index contributed by atoms with van der Waals surface area (Å²) in [6, 6.07) is -1.09. The molecule has 0 unspecified atom stereocenters. The number of hydrogen-bond acceptors (Lipinski definition) is 6. The van der Waals surface area contributed by atoms with Gasteiger partial charge in [-0.05, 0) is 6.42 Å². The molecule has 0 aliphatic heterocycles. The molecule has 1 aromatic rings. The first-order valence-corrected chi connectivity index (χ1v) is 5.99. The predicted octanol–water partition coefficient (Wildman–Crippen LogP) is -2.77. The lowest BCUT2D eigenvalue weighted by Gasteiger charge is -2.19. The Bertz CT molecular complexity index is 623. The fraction of sp³-hybridized carbons (Fsp3) is 0.545. The van der Waals surface area contributed by atoms with Crippen molar-refractivity contribution in [3.05, 3.63) is 33.1 Å². The van der Waals surface area contributed by atoms with Crippen LogP contribution in [0, 0.1) is 5.92 Å². The summed E-state index contributed by atoms with van der Waals surface area (Å²) in [6.45, 7) is 0. The minimum atomic E-state index is -1.36. The maximum absolute atomic E-state index is 11.7. The number of carboxylic acid groups (broad SMARTS) is 1. The van der Waals surface area contributed by atoms with Crippen molar-refractivity contribution in [3.63, 3.8) is 0 Å². The molecule has 0 bridgehead atoms. The second kappa shape index (κ2) is 5.19. The van der Waals surface area contributed by atoms with E-state index in [0.29, 0.717) is 0 Å². The lowest BCUT2D eigenvalue weighted by atomic mass is 9.96. The van der Waals surface area contributed by atoms with Crippen LogP contribution in [-0.4, -0.2) is 49.1 Å². The maximum Gasteiger partial charge on any atom is 0.328 e. The van der Waals surface area contributed by atoms with E-state index in [4.69, 9.17) is 10.8 Å². The average molecular weight is 285 g/mol. The summed E-state index contributed by atoms with van der Waals surface area (Å²) in [7, 11) is 0. The highest BCUT2D eigenvalue weighted by Gasteiger charge is 2.46. The van der Waals surface area contributed by atoms with Crippen molar-refractivity contribution in [2.75, 3.05) is 0 Å². The van der Waals surface area contributed by atoms with Gasteiger partial charge in [-0.1, -0.05) is 0 Å². The lowest BCUT2D eigenvalue weighted by Crippen LogP contribution is -2.43. The van der Waals surface area contributed by atoms with Crippen molar-refractivity contribution in [2.24, 2.45) is 11.7 Å². The van der Waals surface area contributed by atoms with Gasteiger partial charge < -0.3 is 21.1 Å². The Morgan fingerprint density at radius 3 is 2.60 bits per heavy atom. The second-order valence-corrected chi connectivity index (χ2v) is 4.83. The highest BCUT2D eigenvalue weighted by Crippen LogP contribution is 2.35. The van der Waals surface area contributed by atoms with Crippen molar-refractivity contribution in [2.45, 2.75) is 30.7 Å². The number of aromatic amines is 1. The first kappa shape index (κ1) is 14.4. The molecule has 1 aromatic heterocycles. The average Bonchev–Trinajstić information content (AvgIpc) is 2.66. The molecular formula is C11H15N3O6. The van der Waals surface area contributed by atoms with Crippen LogP contribution in [0.4, 0.5) is 0 Å². The molecule has 1 heterocycles. The number of hydrogen-bond donors (Lipinski definition) is 5. The summed E-state index contributed by atoms with van der Waals surface area (Å²) in [4.78, 5) is 35.5. The summed E-state index contributed by atoms with van der Waals surface area (Å²) in [5.74, 6) is -2.18. The molecule has 1 saturated carbocycles. The van der Waals surface area contributed by atoms with Gasteiger partial charge in [-0.25, -0.2) is 4.79 Å². The van der Waals surface area contributed by atoms with Crippen LogP contribution in [0.1, 0.15) is 12.5 Å². The summed E-state index contributed by atoms with van der Waals surface area (Å²) in [5, 5.41) is 28.7. The van der Waals surface area contributed by atoms with Crippen LogP contribution in [0.3, 0.4) is 0 Å². The lowest BCUT2D eigenvalue weighted by molar-refractivity contribution is -0.141. The first-order valence-electron chi connectivity index (χ1n) is 5.99. The molecular weight excluding hydrogens is 270 g/mol. The predicted molar refractivity (Wildman–Crippen MR) is 66.1 cm³/mol. The molecule has 9 nitrogen and oxygen atoms in total. The highest BCUT2D eigenvalue weighted by molar-refractivity contribution is 5.73. The van der Waals surface area contributed by atoms with Gasteiger partial charge in [-0.3, -0.25) is 19.1 Å². The number of rotatable bonds is 3. The Balaban J connectivity index is 2.33. The van der Waals surface area contributed by atoms with Gasteiger partial charge in [0.2, 0.25) is 0 Å². The molecule has 1 fully saturated rings. The zero-order valence-electron chi connectivity index (χ0n) is 10.3. The van der Waals surface area contributed by atoms with Crippen LogP contribution in [0.25, 0.3) is 0 Å². The third-order valence-electron chi connectivity index (χ3n) is 3.65. The number of carboxylic acids is 1. The van der Waals surface area contributed by atoms with Gasteiger partial charge in [0, 0.05) is 18.2 Å². The van der Waals surface area contributed by atoms with E-state index in [2.05, 4.69) is 0 Å². The Kier molecular flexibility index (Phi) is 3.75. The summed E-state index contributed by atoms with van der Waals surface area (Å²) in [5.41, 5.74) is 4.14. The highest BCUT2D eigenvalue weighted by atomic mass is 16.4. The molecule has 9 heteroatoms. The molecule has 6 N–H and O–H groups in total. The van der Waals surface area contributed by atoms with Crippen molar-refractivity contribution < 1.29 is 20.1 Å². The molecule has 0 radical (unpaired) electrons. The zero-order valence-corrected chi connectivity index (χ0v) is 10.3. The van der Waals surface area contributed by atoms with Gasteiger partial charge >= 0.3 is 11.7 Å². The van der Waals surface area contributed by atoms with Crippen molar-refractivity contribution in [1.82, 2.24) is 9.55 Å². The van der Waals surface area contributed by atoms with E-state index in [1.54, 1.807) is 0 Å². The van der Waals surface area contributed by atoms with Gasteiger partial charge in [0.05, 0.1) is 12.1 Å². The van der Waals surface area contributed by atoms with E-state index in [1.807, 2.05) is 4.98 Å². The maximum atomic E-state index is 11.7. The molecule has 20 heavy (non-hydrogen) atoms. The van der Waals surface area contributed by atoms with Crippen molar-refractivity contribution in [1.29, 1.82) is 0 Å². The van der Waals surface area contributed by atoms with Crippen LogP contribution in [-0.2, 0) is 4.79 Å². The topological polar surface area (TPSA) is 159 Å². The van der Waals surface area contributed by atoms with E-state index in [0.717, 1.165) is 10.6 Å². The van der Waals surface area contributed by atoms with Crippen LogP contribution in [0.2, 0.25) is 0 Å².